The van der Waals surface area contributed by atoms with Crippen molar-refractivity contribution >= 4 is 11.6 Å². The van der Waals surface area contributed by atoms with Crippen molar-refractivity contribution in [2.24, 2.45) is 0 Å². The average Bonchev–Trinajstić information content (AvgIpc) is 2.34. The predicted molar refractivity (Wildman–Crippen MR) is 74.6 cm³/mol. The van der Waals surface area contributed by atoms with Crippen LogP contribution in [0.3, 0.4) is 0 Å². The molecule has 0 heterocycles. The highest BCUT2D eigenvalue weighted by Crippen LogP contribution is 2.11. The molecule has 0 spiro atoms. The van der Waals surface area contributed by atoms with Crippen molar-refractivity contribution < 1.29 is 9.59 Å². The molecule has 0 atom stereocenters. The quantitative estimate of drug-likeness (QED) is 0.598. The lowest BCUT2D eigenvalue weighted by Crippen LogP contribution is -2.02. The Kier molecular flexibility index (Phi) is 8.45. The Morgan fingerprint density at radius 3 is 1.78 bits per heavy atom. The van der Waals surface area contributed by atoms with Crippen LogP contribution in [0.4, 0.5) is 0 Å². The van der Waals surface area contributed by atoms with E-state index in [1.54, 1.807) is 0 Å². The number of rotatable bonds is 0. The highest BCUT2D eigenvalue weighted by molar-refractivity contribution is 5.81. The van der Waals surface area contributed by atoms with E-state index < -0.39 is 0 Å². The zero-order valence-electron chi connectivity index (χ0n) is 11.5. The van der Waals surface area contributed by atoms with Crippen molar-refractivity contribution in [2.75, 3.05) is 0 Å². The van der Waals surface area contributed by atoms with Crippen LogP contribution in [-0.4, -0.2) is 11.6 Å². The maximum Gasteiger partial charge on any atom is 0.132 e. The van der Waals surface area contributed by atoms with Gasteiger partial charge in [0.25, 0.3) is 0 Å². The fraction of sp³-hybridized carbons (Fsp3) is 0.750. The fourth-order valence-electron chi connectivity index (χ4n) is 2.32. The molecule has 0 saturated heterocycles. The van der Waals surface area contributed by atoms with Crippen molar-refractivity contribution in [1.82, 2.24) is 0 Å². The summed E-state index contributed by atoms with van der Waals surface area (Å²) >= 11 is 0. The average molecular weight is 250 g/mol. The van der Waals surface area contributed by atoms with E-state index in [1.165, 1.54) is 19.3 Å². The first kappa shape index (κ1) is 15.1. The molecule has 0 fully saturated rings. The number of carbonyl (C=O) groups is 2. The smallest absolute Gasteiger partial charge is 0.132 e. The number of allylic oxidation sites excluding steroid dienone is 2. The van der Waals surface area contributed by atoms with E-state index in [2.05, 4.69) is 12.2 Å². The van der Waals surface area contributed by atoms with Crippen molar-refractivity contribution in [2.45, 2.75) is 77.0 Å². The molecule has 0 unspecified atom stereocenters. The minimum Gasteiger partial charge on any atom is -0.300 e. The van der Waals surface area contributed by atoms with Crippen LogP contribution >= 0.6 is 0 Å². The monoisotopic (exact) mass is 250 g/mol. The summed E-state index contributed by atoms with van der Waals surface area (Å²) in [6.45, 7) is 0. The van der Waals surface area contributed by atoms with Crippen LogP contribution < -0.4 is 0 Å². The van der Waals surface area contributed by atoms with E-state index in [1.807, 2.05) is 0 Å². The van der Waals surface area contributed by atoms with Crippen molar-refractivity contribution in [3.8, 4) is 0 Å². The lowest BCUT2D eigenvalue weighted by atomic mass is 10.0. The van der Waals surface area contributed by atoms with E-state index >= 15 is 0 Å². The first-order valence-electron chi connectivity index (χ1n) is 7.47. The number of ketones is 2. The largest absolute Gasteiger partial charge is 0.300 e. The molecule has 1 aliphatic rings. The summed E-state index contributed by atoms with van der Waals surface area (Å²) in [5.74, 6) is 0.665. The number of hydrogen-bond donors (Lipinski definition) is 0. The molecule has 102 valence electrons. The Labute approximate surface area is 111 Å². The predicted octanol–water partition coefficient (Wildman–Crippen LogP) is 4.38. The van der Waals surface area contributed by atoms with Gasteiger partial charge in [0.2, 0.25) is 0 Å². The van der Waals surface area contributed by atoms with Gasteiger partial charge >= 0.3 is 0 Å². The summed E-state index contributed by atoms with van der Waals surface area (Å²) in [5, 5.41) is 0. The highest BCUT2D eigenvalue weighted by atomic mass is 16.1. The van der Waals surface area contributed by atoms with Crippen LogP contribution in [0.2, 0.25) is 0 Å². The van der Waals surface area contributed by atoms with Gasteiger partial charge in [0.05, 0.1) is 0 Å². The molecule has 0 amide bonds. The zero-order chi connectivity index (χ0) is 13.1. The molecule has 0 N–H and O–H groups in total. The molecular weight excluding hydrogens is 224 g/mol. The second-order valence-corrected chi connectivity index (χ2v) is 5.25. The van der Waals surface area contributed by atoms with Gasteiger partial charge in [0, 0.05) is 25.7 Å². The van der Waals surface area contributed by atoms with Crippen LogP contribution in [-0.2, 0) is 9.59 Å². The van der Waals surface area contributed by atoms with Crippen LogP contribution in [0.15, 0.2) is 12.2 Å². The van der Waals surface area contributed by atoms with Crippen LogP contribution in [0, 0.1) is 0 Å². The number of carbonyl (C=O) groups excluding carboxylic acids is 2. The standard InChI is InChI=1S/C16H26O2/c17-15-11-8-6-4-2-1-3-5-7-9-12-16(18)14-10-13-15/h2,4H,1,3,5-14H2/b4-2-. The maximum atomic E-state index is 11.6. The van der Waals surface area contributed by atoms with Gasteiger partial charge in [-0.25, -0.2) is 0 Å². The van der Waals surface area contributed by atoms with Crippen LogP contribution in [0.5, 0.6) is 0 Å². The Balaban J connectivity index is 2.29. The summed E-state index contributed by atoms with van der Waals surface area (Å²) in [6, 6.07) is 0. The van der Waals surface area contributed by atoms with E-state index in [0.29, 0.717) is 37.2 Å². The Morgan fingerprint density at radius 2 is 1.06 bits per heavy atom. The van der Waals surface area contributed by atoms with Crippen molar-refractivity contribution in [1.29, 1.82) is 0 Å². The molecule has 0 aliphatic heterocycles. The van der Waals surface area contributed by atoms with Gasteiger partial charge in [-0.1, -0.05) is 25.0 Å². The molecule has 2 nitrogen and oxygen atoms in total. The Morgan fingerprint density at radius 1 is 0.556 bits per heavy atom. The van der Waals surface area contributed by atoms with Crippen molar-refractivity contribution in [3.05, 3.63) is 12.2 Å². The lowest BCUT2D eigenvalue weighted by Gasteiger charge is -2.03. The van der Waals surface area contributed by atoms with Gasteiger partial charge in [-0.05, 0) is 38.5 Å². The summed E-state index contributed by atoms with van der Waals surface area (Å²) < 4.78 is 0. The molecule has 1 aliphatic carbocycles. The highest BCUT2D eigenvalue weighted by Gasteiger charge is 2.05. The molecule has 0 bridgehead atoms. The van der Waals surface area contributed by atoms with Gasteiger partial charge in [-0.15, -0.1) is 0 Å². The fourth-order valence-corrected chi connectivity index (χ4v) is 2.32. The molecule has 1 rings (SSSR count). The van der Waals surface area contributed by atoms with E-state index in [0.717, 1.165) is 32.1 Å². The molecule has 18 heavy (non-hydrogen) atoms. The molecule has 2 heteroatoms. The summed E-state index contributed by atoms with van der Waals surface area (Å²) in [6.07, 6.45) is 15.6. The first-order valence-corrected chi connectivity index (χ1v) is 7.47. The third-order valence-corrected chi connectivity index (χ3v) is 3.48. The number of Topliss-reactive ketones (excluding diaryl/α,β-unsaturated/α-hetero) is 2. The summed E-state index contributed by atoms with van der Waals surface area (Å²) in [5.41, 5.74) is 0. The molecule has 0 aromatic rings. The van der Waals surface area contributed by atoms with E-state index in [9.17, 15) is 9.59 Å². The molecule has 0 radical (unpaired) electrons. The molecular formula is C16H26O2. The Hall–Kier alpha value is -0.920. The van der Waals surface area contributed by atoms with Crippen molar-refractivity contribution in [3.63, 3.8) is 0 Å². The van der Waals surface area contributed by atoms with Crippen LogP contribution in [0.1, 0.15) is 77.0 Å². The van der Waals surface area contributed by atoms with Gasteiger partial charge in [0.15, 0.2) is 0 Å². The SMILES string of the molecule is O=C1CCC/C=C\CCCCCCC(=O)CCC1. The third kappa shape index (κ3) is 8.21. The van der Waals surface area contributed by atoms with Gasteiger partial charge < -0.3 is 0 Å². The van der Waals surface area contributed by atoms with Gasteiger partial charge in [0.1, 0.15) is 11.6 Å². The summed E-state index contributed by atoms with van der Waals surface area (Å²) in [4.78, 5) is 23.1. The second kappa shape index (κ2) is 10.0. The maximum absolute atomic E-state index is 11.6. The van der Waals surface area contributed by atoms with E-state index in [4.69, 9.17) is 0 Å². The Bertz CT molecular complexity index is 279. The second-order valence-electron chi connectivity index (χ2n) is 5.25. The third-order valence-electron chi connectivity index (χ3n) is 3.48. The van der Waals surface area contributed by atoms with Crippen LogP contribution in [0.25, 0.3) is 0 Å². The zero-order valence-corrected chi connectivity index (χ0v) is 11.5. The molecule has 0 aromatic heterocycles. The molecule has 0 saturated carbocycles. The van der Waals surface area contributed by atoms with E-state index in [-0.39, 0.29) is 0 Å². The minimum atomic E-state index is 0.322. The lowest BCUT2D eigenvalue weighted by molar-refractivity contribution is -0.120. The number of hydrogen-bond acceptors (Lipinski definition) is 2. The first-order chi connectivity index (χ1) is 8.79. The van der Waals surface area contributed by atoms with Gasteiger partial charge in [-0.2, -0.15) is 0 Å². The minimum absolute atomic E-state index is 0.322. The normalized spacial score (nSPS) is 23.8. The molecule has 0 aromatic carbocycles. The summed E-state index contributed by atoms with van der Waals surface area (Å²) in [7, 11) is 0. The topological polar surface area (TPSA) is 34.1 Å². The van der Waals surface area contributed by atoms with Gasteiger partial charge in [-0.3, -0.25) is 9.59 Å².